The number of rotatable bonds is 4. The minimum Gasteiger partial charge on any atom is -0.335 e. The lowest BCUT2D eigenvalue weighted by Gasteiger charge is -2.09. The van der Waals surface area contributed by atoms with Crippen molar-refractivity contribution in [3.8, 4) is 0 Å². The maximum absolute atomic E-state index is 11.5. The van der Waals surface area contributed by atoms with Gasteiger partial charge >= 0.3 is 21.8 Å². The van der Waals surface area contributed by atoms with Crippen LogP contribution in [0.4, 0.5) is 17.6 Å². The molecule has 0 spiro atoms. The van der Waals surface area contributed by atoms with Gasteiger partial charge in [0.15, 0.2) is 0 Å². The molecule has 0 aromatic carbocycles. The van der Waals surface area contributed by atoms with Crippen molar-refractivity contribution in [2.75, 3.05) is 0 Å². The van der Waals surface area contributed by atoms with Crippen LogP contribution in [-0.2, 0) is 16.7 Å². The predicted octanol–water partition coefficient (Wildman–Crippen LogP) is 2.33. The van der Waals surface area contributed by atoms with E-state index in [1.165, 1.54) is 6.42 Å². The van der Waals surface area contributed by atoms with Gasteiger partial charge in [0.1, 0.15) is 5.82 Å². The summed E-state index contributed by atoms with van der Waals surface area (Å²) in [5.74, 6) is 1.11. The third kappa shape index (κ3) is 5.15. The molecule has 1 aromatic rings. The number of aryl methyl sites for hydroxylation is 2. The van der Waals surface area contributed by atoms with Gasteiger partial charge in [-0.1, -0.05) is 6.92 Å². The second-order valence-electron chi connectivity index (χ2n) is 3.51. The first-order valence-corrected chi connectivity index (χ1v) is 6.58. The Labute approximate surface area is 108 Å². The van der Waals surface area contributed by atoms with Crippen molar-refractivity contribution in [1.82, 2.24) is 9.55 Å². The van der Waals surface area contributed by atoms with E-state index < -0.39 is 21.8 Å². The molecule has 5 nitrogen and oxygen atoms in total. The fourth-order valence-corrected chi connectivity index (χ4v) is 1.22. The van der Waals surface area contributed by atoms with Crippen molar-refractivity contribution in [1.29, 1.82) is 0 Å². The SMILES string of the molecule is CCCn1ccnc1C.O=S(=O)(O)C(F)(F)C(F)F. The number of halogens is 4. The van der Waals surface area contributed by atoms with Crippen LogP contribution in [0.15, 0.2) is 12.4 Å². The van der Waals surface area contributed by atoms with E-state index in [-0.39, 0.29) is 0 Å². The molecule has 0 atom stereocenters. The Balaban J connectivity index is 0.000000342. The molecule has 1 N–H and O–H groups in total. The van der Waals surface area contributed by atoms with Crippen molar-refractivity contribution in [2.24, 2.45) is 0 Å². The third-order valence-electron chi connectivity index (χ3n) is 1.99. The van der Waals surface area contributed by atoms with Crippen LogP contribution in [0.25, 0.3) is 0 Å². The van der Waals surface area contributed by atoms with Gasteiger partial charge in [-0.05, 0) is 13.3 Å². The number of hydrogen-bond acceptors (Lipinski definition) is 3. The molecule has 1 aromatic heterocycles. The zero-order valence-electron chi connectivity index (χ0n) is 10.2. The van der Waals surface area contributed by atoms with Crippen LogP contribution in [0.2, 0.25) is 0 Å². The van der Waals surface area contributed by atoms with Gasteiger partial charge < -0.3 is 4.57 Å². The Morgan fingerprint density at radius 3 is 2.21 bits per heavy atom. The average molecular weight is 306 g/mol. The highest BCUT2D eigenvalue weighted by molar-refractivity contribution is 7.86. The average Bonchev–Trinajstić information content (AvgIpc) is 2.64. The van der Waals surface area contributed by atoms with Crippen LogP contribution in [0.1, 0.15) is 19.2 Å². The van der Waals surface area contributed by atoms with Crippen LogP contribution in [0.5, 0.6) is 0 Å². The first-order valence-electron chi connectivity index (χ1n) is 5.14. The van der Waals surface area contributed by atoms with Crippen LogP contribution < -0.4 is 0 Å². The molecule has 0 aliphatic carbocycles. The van der Waals surface area contributed by atoms with Crippen LogP contribution in [0.3, 0.4) is 0 Å². The number of nitrogens with zero attached hydrogens (tertiary/aromatic N) is 2. The van der Waals surface area contributed by atoms with E-state index in [0.717, 1.165) is 12.4 Å². The first-order chi connectivity index (χ1) is 8.54. The van der Waals surface area contributed by atoms with E-state index in [2.05, 4.69) is 16.5 Å². The molecule has 112 valence electrons. The van der Waals surface area contributed by atoms with Gasteiger partial charge in [-0.15, -0.1) is 0 Å². The van der Waals surface area contributed by atoms with Gasteiger partial charge in [-0.2, -0.15) is 17.2 Å². The summed E-state index contributed by atoms with van der Waals surface area (Å²) in [5, 5.41) is -5.37. The van der Waals surface area contributed by atoms with Crippen molar-refractivity contribution < 1.29 is 30.5 Å². The van der Waals surface area contributed by atoms with Gasteiger partial charge in [0, 0.05) is 18.9 Å². The molecule has 0 aliphatic rings. The van der Waals surface area contributed by atoms with Crippen molar-refractivity contribution in [3.63, 3.8) is 0 Å². The van der Waals surface area contributed by atoms with Crippen LogP contribution in [-0.4, -0.2) is 34.2 Å². The topological polar surface area (TPSA) is 72.2 Å². The van der Waals surface area contributed by atoms with E-state index in [1.807, 2.05) is 19.3 Å². The zero-order valence-corrected chi connectivity index (χ0v) is 11.0. The zero-order chi connectivity index (χ0) is 15.3. The maximum Gasteiger partial charge on any atom is 0.428 e. The highest BCUT2D eigenvalue weighted by Crippen LogP contribution is 2.27. The summed E-state index contributed by atoms with van der Waals surface area (Å²) in [5.41, 5.74) is 0. The Kier molecular flexibility index (Phi) is 6.43. The van der Waals surface area contributed by atoms with E-state index in [9.17, 15) is 26.0 Å². The predicted molar refractivity (Wildman–Crippen MR) is 59.8 cm³/mol. The standard InChI is InChI=1S/C7H12N2.C2H2F4O3S/c1-3-5-9-6-4-8-7(9)2;3-1(4)2(5,6)10(7,8)9/h4,6H,3,5H2,1-2H3;1H,(H,7,8,9). The Bertz CT molecular complexity index is 487. The second kappa shape index (κ2) is 6.85. The highest BCUT2D eigenvalue weighted by atomic mass is 32.2. The normalized spacial score (nSPS) is 12.2. The van der Waals surface area contributed by atoms with Crippen molar-refractivity contribution in [3.05, 3.63) is 18.2 Å². The van der Waals surface area contributed by atoms with Gasteiger partial charge in [-0.25, -0.2) is 13.8 Å². The van der Waals surface area contributed by atoms with Crippen molar-refractivity contribution >= 4 is 10.1 Å². The molecule has 1 heterocycles. The fraction of sp³-hybridized carbons (Fsp3) is 0.667. The number of aromatic nitrogens is 2. The molecule has 0 bridgehead atoms. The molecule has 0 saturated carbocycles. The summed E-state index contributed by atoms with van der Waals surface area (Å²) in [7, 11) is -5.98. The molecule has 0 aliphatic heterocycles. The monoisotopic (exact) mass is 306 g/mol. The maximum atomic E-state index is 11.5. The van der Waals surface area contributed by atoms with E-state index in [4.69, 9.17) is 4.55 Å². The second-order valence-corrected chi connectivity index (χ2v) is 5.00. The molecule has 10 heteroatoms. The smallest absolute Gasteiger partial charge is 0.335 e. The number of hydrogen-bond donors (Lipinski definition) is 1. The lowest BCUT2D eigenvalue weighted by Crippen LogP contribution is -2.35. The summed E-state index contributed by atoms with van der Waals surface area (Å²) in [6.07, 6.45) is 0.614. The van der Waals surface area contributed by atoms with Crippen LogP contribution >= 0.6 is 0 Å². The number of alkyl halides is 4. The first kappa shape index (κ1) is 17.8. The van der Waals surface area contributed by atoms with Crippen molar-refractivity contribution in [2.45, 2.75) is 38.5 Å². The summed E-state index contributed by atoms with van der Waals surface area (Å²) in [6.45, 7) is 5.28. The molecule has 0 unspecified atom stereocenters. The summed E-state index contributed by atoms with van der Waals surface area (Å²) in [6, 6.07) is 0. The molecule has 1 rings (SSSR count). The molecule has 0 amide bonds. The minimum absolute atomic E-state index is 1.09. The lowest BCUT2D eigenvalue weighted by molar-refractivity contribution is -0.0687. The summed E-state index contributed by atoms with van der Waals surface area (Å²) < 4.78 is 73.4. The van der Waals surface area contributed by atoms with Gasteiger partial charge in [0.05, 0.1) is 0 Å². The quantitative estimate of drug-likeness (QED) is 0.684. The lowest BCUT2D eigenvalue weighted by atomic mass is 10.5. The molecule has 19 heavy (non-hydrogen) atoms. The molecular formula is C9H14F4N2O3S. The fourth-order valence-electron chi connectivity index (χ4n) is 0.994. The third-order valence-corrected chi connectivity index (χ3v) is 2.85. The van der Waals surface area contributed by atoms with Gasteiger partial charge in [0.2, 0.25) is 0 Å². The molecule has 0 radical (unpaired) electrons. The van der Waals surface area contributed by atoms with Crippen LogP contribution in [0, 0.1) is 6.92 Å². The van der Waals surface area contributed by atoms with E-state index in [0.29, 0.717) is 0 Å². The van der Waals surface area contributed by atoms with Gasteiger partial charge in [-0.3, -0.25) is 4.55 Å². The largest absolute Gasteiger partial charge is 0.428 e. The highest BCUT2D eigenvalue weighted by Gasteiger charge is 2.53. The van der Waals surface area contributed by atoms with Gasteiger partial charge in [0.25, 0.3) is 0 Å². The Morgan fingerprint density at radius 1 is 1.47 bits per heavy atom. The van der Waals surface area contributed by atoms with E-state index in [1.54, 1.807) is 0 Å². The molecule has 0 saturated heterocycles. The minimum atomic E-state index is -5.98. The van der Waals surface area contributed by atoms with E-state index >= 15 is 0 Å². The summed E-state index contributed by atoms with van der Waals surface area (Å²) in [4.78, 5) is 4.10. The molecular weight excluding hydrogens is 292 g/mol. The Morgan fingerprint density at radius 2 is 2.00 bits per heavy atom. The number of imidazole rings is 1. The molecule has 0 fully saturated rings. The summed E-state index contributed by atoms with van der Waals surface area (Å²) >= 11 is 0. The Hall–Kier alpha value is -1.16.